The summed E-state index contributed by atoms with van der Waals surface area (Å²) in [6, 6.07) is 21.7. The first kappa shape index (κ1) is 16.1. The number of fused-ring (bicyclic) bond motifs is 1. The third kappa shape index (κ3) is 3.64. The average Bonchev–Trinajstić information content (AvgIpc) is 3.14. The van der Waals surface area contributed by atoms with Crippen LogP contribution >= 0.6 is 0 Å². The van der Waals surface area contributed by atoms with Crippen LogP contribution in [0.15, 0.2) is 85.3 Å². The Hall–Kier alpha value is -3.40. The molecule has 128 valence electrons. The van der Waals surface area contributed by atoms with Crippen molar-refractivity contribution >= 4 is 16.8 Å². The van der Waals surface area contributed by atoms with Crippen LogP contribution in [0.1, 0.15) is 21.5 Å². The van der Waals surface area contributed by atoms with Crippen LogP contribution < -0.4 is 5.32 Å². The van der Waals surface area contributed by atoms with E-state index >= 15 is 0 Å². The van der Waals surface area contributed by atoms with Gasteiger partial charge in [0.25, 0.3) is 5.91 Å². The third-order valence-electron chi connectivity index (χ3n) is 4.34. The van der Waals surface area contributed by atoms with Gasteiger partial charge in [0.1, 0.15) is 0 Å². The Morgan fingerprint density at radius 3 is 2.73 bits per heavy atom. The number of carbonyl (C=O) groups is 1. The highest BCUT2D eigenvalue weighted by Crippen LogP contribution is 2.13. The Kier molecular flexibility index (Phi) is 4.48. The number of rotatable bonds is 5. The topological polar surface area (TPSA) is 46.9 Å². The summed E-state index contributed by atoms with van der Waals surface area (Å²) < 4.78 is 2.12. The van der Waals surface area contributed by atoms with Crippen molar-refractivity contribution in [2.45, 2.75) is 13.1 Å². The van der Waals surface area contributed by atoms with Gasteiger partial charge < -0.3 is 9.88 Å². The molecule has 0 unspecified atom stereocenters. The molecule has 4 aromatic rings. The van der Waals surface area contributed by atoms with E-state index in [9.17, 15) is 4.79 Å². The monoisotopic (exact) mass is 341 g/mol. The summed E-state index contributed by atoms with van der Waals surface area (Å²) in [6.07, 6.45) is 5.86. The van der Waals surface area contributed by atoms with E-state index < -0.39 is 0 Å². The van der Waals surface area contributed by atoms with Gasteiger partial charge in [-0.3, -0.25) is 9.78 Å². The normalized spacial score (nSPS) is 10.8. The number of carbonyl (C=O) groups excluding carboxylic acids is 1. The molecule has 1 amide bonds. The number of hydrogen-bond acceptors (Lipinski definition) is 2. The fourth-order valence-electron chi connectivity index (χ4n) is 2.99. The largest absolute Gasteiger partial charge is 0.350 e. The van der Waals surface area contributed by atoms with Crippen LogP contribution in [0, 0.1) is 0 Å². The van der Waals surface area contributed by atoms with E-state index in [4.69, 9.17) is 0 Å². The van der Waals surface area contributed by atoms with Crippen LogP contribution in [0.5, 0.6) is 0 Å². The van der Waals surface area contributed by atoms with Gasteiger partial charge in [0, 0.05) is 42.6 Å². The second kappa shape index (κ2) is 7.23. The van der Waals surface area contributed by atoms with E-state index in [-0.39, 0.29) is 5.91 Å². The maximum atomic E-state index is 12.4. The van der Waals surface area contributed by atoms with Crippen molar-refractivity contribution in [1.29, 1.82) is 0 Å². The lowest BCUT2D eigenvalue weighted by Gasteiger charge is -2.06. The zero-order valence-corrected chi connectivity index (χ0v) is 14.3. The molecule has 0 atom stereocenters. The highest BCUT2D eigenvalue weighted by molar-refractivity contribution is 5.97. The smallest absolute Gasteiger partial charge is 0.251 e. The van der Waals surface area contributed by atoms with E-state index in [1.807, 2.05) is 60.8 Å². The highest BCUT2D eigenvalue weighted by Gasteiger charge is 2.07. The Morgan fingerprint density at radius 2 is 1.85 bits per heavy atom. The molecular formula is C22H19N3O. The van der Waals surface area contributed by atoms with Crippen molar-refractivity contribution < 1.29 is 4.79 Å². The average molecular weight is 341 g/mol. The zero-order chi connectivity index (χ0) is 17.8. The fraction of sp³-hybridized carbons (Fsp3) is 0.0909. The molecule has 0 fully saturated rings. The summed E-state index contributed by atoms with van der Waals surface area (Å²) >= 11 is 0. The van der Waals surface area contributed by atoms with E-state index in [1.54, 1.807) is 6.20 Å². The summed E-state index contributed by atoms with van der Waals surface area (Å²) in [5.74, 6) is -0.0773. The number of aromatic nitrogens is 2. The van der Waals surface area contributed by atoms with E-state index in [0.29, 0.717) is 12.1 Å². The number of benzene rings is 2. The van der Waals surface area contributed by atoms with Gasteiger partial charge >= 0.3 is 0 Å². The molecule has 4 rings (SSSR count). The minimum atomic E-state index is -0.0773. The fourth-order valence-corrected chi connectivity index (χ4v) is 2.99. The minimum absolute atomic E-state index is 0.0773. The van der Waals surface area contributed by atoms with Crippen LogP contribution in [0.3, 0.4) is 0 Å². The lowest BCUT2D eigenvalue weighted by Crippen LogP contribution is -2.22. The molecule has 4 nitrogen and oxygen atoms in total. The lowest BCUT2D eigenvalue weighted by molar-refractivity contribution is 0.0951. The molecule has 1 N–H and O–H groups in total. The quantitative estimate of drug-likeness (QED) is 0.596. The first-order valence-electron chi connectivity index (χ1n) is 8.59. The maximum Gasteiger partial charge on any atom is 0.251 e. The van der Waals surface area contributed by atoms with Gasteiger partial charge in [-0.1, -0.05) is 36.4 Å². The summed E-state index contributed by atoms with van der Waals surface area (Å²) in [6.45, 7) is 1.33. The summed E-state index contributed by atoms with van der Waals surface area (Å²) in [5, 5.41) is 3.95. The van der Waals surface area contributed by atoms with Crippen LogP contribution in [0.4, 0.5) is 0 Å². The molecule has 0 spiro atoms. The predicted molar refractivity (Wildman–Crippen MR) is 103 cm³/mol. The van der Waals surface area contributed by atoms with E-state index in [1.165, 1.54) is 5.56 Å². The minimum Gasteiger partial charge on any atom is -0.350 e. The van der Waals surface area contributed by atoms with Gasteiger partial charge in [-0.2, -0.15) is 0 Å². The van der Waals surface area contributed by atoms with E-state index in [0.717, 1.165) is 23.0 Å². The van der Waals surface area contributed by atoms with E-state index in [2.05, 4.69) is 33.2 Å². The Balaban J connectivity index is 1.39. The highest BCUT2D eigenvalue weighted by atomic mass is 16.1. The molecule has 0 saturated carbocycles. The molecule has 0 bridgehead atoms. The Morgan fingerprint density at radius 1 is 0.962 bits per heavy atom. The Bertz CT molecular complexity index is 1040. The van der Waals surface area contributed by atoms with Crippen LogP contribution in [-0.2, 0) is 13.1 Å². The Labute approximate surface area is 152 Å². The first-order valence-corrected chi connectivity index (χ1v) is 8.59. The molecule has 26 heavy (non-hydrogen) atoms. The lowest BCUT2D eigenvalue weighted by atomic mass is 10.1. The van der Waals surface area contributed by atoms with Crippen molar-refractivity contribution in [2.75, 3.05) is 0 Å². The molecular weight excluding hydrogens is 322 g/mol. The molecule has 0 saturated heterocycles. The van der Waals surface area contributed by atoms with Crippen molar-refractivity contribution in [1.82, 2.24) is 14.9 Å². The second-order valence-corrected chi connectivity index (χ2v) is 6.27. The molecule has 2 aromatic carbocycles. The van der Waals surface area contributed by atoms with Crippen LogP contribution in [0.2, 0.25) is 0 Å². The summed E-state index contributed by atoms with van der Waals surface area (Å²) in [7, 11) is 0. The molecule has 2 heterocycles. The standard InChI is InChI=1S/C22H19N3O/c26-22(20-8-9-21-19(13-20)7-4-11-23-21)24-14-18-10-12-25(16-18)15-17-5-2-1-3-6-17/h1-13,16H,14-15H2,(H,24,26). The van der Waals surface area contributed by atoms with Crippen LogP contribution in [0.25, 0.3) is 10.9 Å². The summed E-state index contributed by atoms with van der Waals surface area (Å²) in [5.41, 5.74) is 3.87. The number of hydrogen-bond donors (Lipinski definition) is 1. The zero-order valence-electron chi connectivity index (χ0n) is 14.3. The number of nitrogens with zero attached hydrogens (tertiary/aromatic N) is 2. The molecule has 0 aliphatic carbocycles. The number of nitrogens with one attached hydrogen (secondary N) is 1. The SMILES string of the molecule is O=C(NCc1ccn(Cc2ccccc2)c1)c1ccc2ncccc2c1. The second-order valence-electron chi connectivity index (χ2n) is 6.27. The molecule has 2 aromatic heterocycles. The molecule has 4 heteroatoms. The molecule has 0 aliphatic heterocycles. The first-order chi connectivity index (χ1) is 12.8. The number of pyridine rings is 1. The summed E-state index contributed by atoms with van der Waals surface area (Å²) in [4.78, 5) is 16.7. The van der Waals surface area contributed by atoms with Crippen molar-refractivity contribution in [2.24, 2.45) is 0 Å². The van der Waals surface area contributed by atoms with Gasteiger partial charge in [0.05, 0.1) is 5.52 Å². The van der Waals surface area contributed by atoms with Crippen molar-refractivity contribution in [3.05, 3.63) is 102 Å². The van der Waals surface area contributed by atoms with Crippen molar-refractivity contribution in [3.63, 3.8) is 0 Å². The van der Waals surface area contributed by atoms with Gasteiger partial charge in [0.2, 0.25) is 0 Å². The third-order valence-corrected chi connectivity index (χ3v) is 4.34. The molecule has 0 radical (unpaired) electrons. The van der Waals surface area contributed by atoms with Gasteiger partial charge in [-0.25, -0.2) is 0 Å². The molecule has 0 aliphatic rings. The maximum absolute atomic E-state index is 12.4. The van der Waals surface area contributed by atoms with Crippen LogP contribution in [-0.4, -0.2) is 15.5 Å². The number of amides is 1. The van der Waals surface area contributed by atoms with Gasteiger partial charge in [0.15, 0.2) is 0 Å². The van der Waals surface area contributed by atoms with Gasteiger partial charge in [-0.15, -0.1) is 0 Å². The van der Waals surface area contributed by atoms with Gasteiger partial charge in [-0.05, 0) is 41.5 Å². The predicted octanol–water partition coefficient (Wildman–Crippen LogP) is 4.01. The van der Waals surface area contributed by atoms with Crippen molar-refractivity contribution in [3.8, 4) is 0 Å².